The summed E-state index contributed by atoms with van der Waals surface area (Å²) in [4.78, 5) is 26.6. The first-order chi connectivity index (χ1) is 17.3. The highest BCUT2D eigenvalue weighted by atomic mass is 19.1. The molecule has 0 aliphatic carbocycles. The first-order valence-corrected chi connectivity index (χ1v) is 12.5. The lowest BCUT2D eigenvalue weighted by atomic mass is 10.1. The monoisotopic (exact) mass is 504 g/mol. The molecule has 0 bridgehead atoms. The molecule has 0 saturated heterocycles. The van der Waals surface area contributed by atoms with E-state index in [-0.39, 0.29) is 37.6 Å². The minimum absolute atomic E-state index is 0.0673. The van der Waals surface area contributed by atoms with Crippen LogP contribution in [0.2, 0.25) is 0 Å². The summed E-state index contributed by atoms with van der Waals surface area (Å²) in [5.41, 5.74) is 1.27. The number of unbranched alkanes of at least 4 members (excludes halogenated alkanes) is 4. The van der Waals surface area contributed by atoms with Crippen LogP contribution in [0.1, 0.15) is 56.1 Å². The maximum Gasteiger partial charge on any atom is 0.308 e. The van der Waals surface area contributed by atoms with Crippen LogP contribution in [0.25, 0.3) is 0 Å². The molecule has 1 unspecified atom stereocenters. The average Bonchev–Trinajstić information content (AvgIpc) is 2.83. The molecular weight excluding hydrogens is 466 g/mol. The number of esters is 1. The maximum absolute atomic E-state index is 13.6. The van der Waals surface area contributed by atoms with E-state index in [2.05, 4.69) is 5.32 Å². The lowest BCUT2D eigenvalue weighted by Crippen LogP contribution is -2.43. The van der Waals surface area contributed by atoms with Gasteiger partial charge in [0.2, 0.25) is 5.91 Å². The molecule has 2 aromatic carbocycles. The van der Waals surface area contributed by atoms with Crippen molar-refractivity contribution >= 4 is 11.9 Å². The fourth-order valence-electron chi connectivity index (χ4n) is 3.74. The van der Waals surface area contributed by atoms with Gasteiger partial charge in [-0.2, -0.15) is 0 Å². The van der Waals surface area contributed by atoms with Crippen LogP contribution in [0.15, 0.2) is 48.5 Å². The zero-order valence-corrected chi connectivity index (χ0v) is 21.3. The normalized spacial score (nSPS) is 11.9. The van der Waals surface area contributed by atoms with Gasteiger partial charge >= 0.3 is 5.97 Å². The minimum Gasteiger partial charge on any atom is -0.461 e. The van der Waals surface area contributed by atoms with E-state index in [1.165, 1.54) is 12.1 Å². The van der Waals surface area contributed by atoms with Gasteiger partial charge in [-0.3, -0.25) is 9.59 Å². The van der Waals surface area contributed by atoms with Crippen molar-refractivity contribution in [3.8, 4) is 0 Å². The maximum atomic E-state index is 13.6. The molecule has 1 atom stereocenters. The molecule has 2 rings (SSSR count). The van der Waals surface area contributed by atoms with Crippen molar-refractivity contribution in [1.82, 2.24) is 10.2 Å². The highest BCUT2D eigenvalue weighted by molar-refractivity contribution is 5.77. The molecule has 36 heavy (non-hydrogen) atoms. The zero-order valence-electron chi connectivity index (χ0n) is 21.3. The van der Waals surface area contributed by atoms with Gasteiger partial charge in [0.25, 0.3) is 0 Å². The van der Waals surface area contributed by atoms with E-state index in [0.717, 1.165) is 43.7 Å². The minimum atomic E-state index is -0.598. The van der Waals surface area contributed by atoms with Crippen LogP contribution in [0.4, 0.5) is 8.78 Å². The Morgan fingerprint density at radius 1 is 0.944 bits per heavy atom. The van der Waals surface area contributed by atoms with E-state index >= 15 is 0 Å². The second-order valence-corrected chi connectivity index (χ2v) is 9.18. The first-order valence-electron chi connectivity index (χ1n) is 12.5. The van der Waals surface area contributed by atoms with Gasteiger partial charge in [-0.1, -0.05) is 55.7 Å². The molecule has 0 heterocycles. The lowest BCUT2D eigenvalue weighted by molar-refractivity contribution is -0.145. The molecule has 0 spiro atoms. The number of benzene rings is 2. The second kappa shape index (κ2) is 16.8. The summed E-state index contributed by atoms with van der Waals surface area (Å²) >= 11 is 0. The number of hydrogen-bond donors (Lipinski definition) is 1. The molecule has 6 nitrogen and oxygen atoms in total. The van der Waals surface area contributed by atoms with Gasteiger partial charge in [0, 0.05) is 31.2 Å². The summed E-state index contributed by atoms with van der Waals surface area (Å²) in [6.07, 6.45) is 4.96. The van der Waals surface area contributed by atoms with Gasteiger partial charge in [-0.25, -0.2) is 8.78 Å². The zero-order chi connectivity index (χ0) is 26.2. The van der Waals surface area contributed by atoms with Crippen LogP contribution in [-0.2, 0) is 32.3 Å². The molecule has 0 aliphatic rings. The molecule has 0 radical (unpaired) electrons. The molecular formula is C28H38F2N2O4. The number of rotatable bonds is 17. The van der Waals surface area contributed by atoms with Crippen molar-refractivity contribution in [2.45, 2.75) is 64.2 Å². The third-order valence-electron chi connectivity index (χ3n) is 5.57. The third kappa shape index (κ3) is 12.7. The smallest absolute Gasteiger partial charge is 0.308 e. The number of ether oxygens (including phenoxy) is 2. The van der Waals surface area contributed by atoms with Gasteiger partial charge in [-0.05, 0) is 38.6 Å². The number of amides is 1. The number of carbonyl (C=O) groups excluding carboxylic acids is 2. The Morgan fingerprint density at radius 2 is 1.67 bits per heavy atom. The predicted octanol–water partition coefficient (Wildman–Crippen LogP) is 5.00. The largest absolute Gasteiger partial charge is 0.461 e. The average molecular weight is 505 g/mol. The number of likely N-dealkylation sites (N-methyl/N-ethyl adjacent to an activating group) is 1. The van der Waals surface area contributed by atoms with Crippen molar-refractivity contribution < 1.29 is 27.8 Å². The van der Waals surface area contributed by atoms with Gasteiger partial charge < -0.3 is 19.7 Å². The number of nitrogens with zero attached hydrogens (tertiary/aromatic N) is 1. The Bertz CT molecular complexity index is 925. The molecule has 0 aromatic heterocycles. The van der Waals surface area contributed by atoms with E-state index in [9.17, 15) is 18.4 Å². The first kappa shape index (κ1) is 29.4. The molecule has 1 N–H and O–H groups in total. The Kier molecular flexibility index (Phi) is 13.7. The molecule has 198 valence electrons. The van der Waals surface area contributed by atoms with Crippen LogP contribution in [0.3, 0.4) is 0 Å². The van der Waals surface area contributed by atoms with Crippen LogP contribution in [0, 0.1) is 11.6 Å². The van der Waals surface area contributed by atoms with Crippen LogP contribution in [0.5, 0.6) is 0 Å². The van der Waals surface area contributed by atoms with Crippen molar-refractivity contribution in [1.29, 1.82) is 0 Å². The van der Waals surface area contributed by atoms with Gasteiger partial charge in [0.05, 0.1) is 19.1 Å². The molecule has 8 heteroatoms. The molecule has 2 aromatic rings. The SMILES string of the molecule is CN(C)CC(CC(=O)OCc1ccccc1)NC(=O)CCCCCCCOCc1ccc(F)cc1F. The van der Waals surface area contributed by atoms with Crippen molar-refractivity contribution in [3.63, 3.8) is 0 Å². The lowest BCUT2D eigenvalue weighted by Gasteiger charge is -2.22. The molecule has 1 amide bonds. The summed E-state index contributed by atoms with van der Waals surface area (Å²) in [6.45, 7) is 1.40. The number of carbonyl (C=O) groups is 2. The molecule has 0 aliphatic heterocycles. The standard InChI is InChI=1S/C28H38F2N2O4/c1-32(2)19-25(18-28(34)36-20-22-11-7-6-8-12-22)31-27(33)13-9-4-3-5-10-16-35-21-23-14-15-24(29)17-26(23)30/h6-8,11-12,14-15,17,25H,3-5,9-10,13,16,18-21H2,1-2H3,(H,31,33). The Balaban J connectivity index is 1.55. The number of halogens is 2. The van der Waals surface area contributed by atoms with E-state index in [1.54, 1.807) is 0 Å². The van der Waals surface area contributed by atoms with Crippen molar-refractivity contribution in [3.05, 3.63) is 71.3 Å². The van der Waals surface area contributed by atoms with E-state index in [4.69, 9.17) is 9.47 Å². The van der Waals surface area contributed by atoms with E-state index in [0.29, 0.717) is 25.1 Å². The van der Waals surface area contributed by atoms with E-state index in [1.807, 2.05) is 49.3 Å². The van der Waals surface area contributed by atoms with Crippen molar-refractivity contribution in [2.75, 3.05) is 27.2 Å². The van der Waals surface area contributed by atoms with Gasteiger partial charge in [0.15, 0.2) is 0 Å². The fraction of sp³-hybridized carbons (Fsp3) is 0.500. The Hall–Kier alpha value is -2.84. The van der Waals surface area contributed by atoms with Crippen LogP contribution in [-0.4, -0.2) is 50.1 Å². The highest BCUT2D eigenvalue weighted by Crippen LogP contribution is 2.12. The molecule has 0 saturated carbocycles. The van der Waals surface area contributed by atoms with Gasteiger partial charge in [-0.15, -0.1) is 0 Å². The van der Waals surface area contributed by atoms with E-state index < -0.39 is 11.6 Å². The Morgan fingerprint density at radius 3 is 2.39 bits per heavy atom. The summed E-state index contributed by atoms with van der Waals surface area (Å²) in [5, 5.41) is 2.96. The highest BCUT2D eigenvalue weighted by Gasteiger charge is 2.18. The summed E-state index contributed by atoms with van der Waals surface area (Å²) in [7, 11) is 3.79. The second-order valence-electron chi connectivity index (χ2n) is 9.18. The summed E-state index contributed by atoms with van der Waals surface area (Å²) < 4.78 is 37.3. The Labute approximate surface area is 213 Å². The summed E-state index contributed by atoms with van der Waals surface area (Å²) in [6, 6.07) is 12.7. The van der Waals surface area contributed by atoms with Crippen LogP contribution < -0.4 is 5.32 Å². The quantitative estimate of drug-likeness (QED) is 0.243. The number of hydrogen-bond acceptors (Lipinski definition) is 5. The number of nitrogens with one attached hydrogen (secondary N) is 1. The van der Waals surface area contributed by atoms with Crippen LogP contribution >= 0.6 is 0 Å². The summed E-state index contributed by atoms with van der Waals surface area (Å²) in [5.74, 6) is -1.59. The predicted molar refractivity (Wildman–Crippen MR) is 135 cm³/mol. The fourth-order valence-corrected chi connectivity index (χ4v) is 3.74. The topological polar surface area (TPSA) is 67.9 Å². The van der Waals surface area contributed by atoms with Gasteiger partial charge in [0.1, 0.15) is 18.2 Å². The molecule has 0 fully saturated rings. The third-order valence-corrected chi connectivity index (χ3v) is 5.57. The van der Waals surface area contributed by atoms with Crippen molar-refractivity contribution in [2.24, 2.45) is 0 Å².